The van der Waals surface area contributed by atoms with Crippen LogP contribution in [0.15, 0.2) is 46.0 Å². The van der Waals surface area contributed by atoms with E-state index in [0.29, 0.717) is 0 Å². The molecule has 0 spiro atoms. The minimum absolute atomic E-state index is 0.0784. The number of H-pyrrole nitrogens is 3. The van der Waals surface area contributed by atoms with Crippen LogP contribution < -0.4 is 68.6 Å². The Balaban J connectivity index is 0.742. The summed E-state index contributed by atoms with van der Waals surface area (Å²) in [6, 6.07) is 0. The number of halogens is 1. The Morgan fingerprint density at radius 3 is 1.62 bits per heavy atom. The Morgan fingerprint density at radius 2 is 1.04 bits per heavy atom. The van der Waals surface area contributed by atoms with Crippen LogP contribution in [0, 0.1) is 0 Å². The molecule has 0 aromatic carbocycles. The van der Waals surface area contributed by atoms with Crippen molar-refractivity contribution in [1.29, 1.82) is 0 Å². The number of nitrogens with one attached hydrogen (secondary N) is 3. The van der Waals surface area contributed by atoms with Gasteiger partial charge in [0.05, 0.1) is 52.5 Å². The number of nitrogen functional groups attached to an aromatic ring is 4. The van der Waals surface area contributed by atoms with Gasteiger partial charge < -0.3 is 119 Å². The highest BCUT2D eigenvalue weighted by atomic mass is 31.3. The molecule has 540 valence electrons. The number of hydrogen-bond donors (Lipinski definition) is 11. The third-order valence-corrected chi connectivity index (χ3v) is 21.6. The molecule has 21 unspecified atom stereocenters. The van der Waals surface area contributed by atoms with Gasteiger partial charge in [0.2, 0.25) is 23.6 Å². The number of nitrogens with zero attached hydrogens (tertiary/aromatic N) is 13. The molecule has 4 saturated heterocycles. The number of nitrogens with two attached hydrogens (primary N) is 4. The molecule has 0 bridgehead atoms. The van der Waals surface area contributed by atoms with Crippen LogP contribution in [0.3, 0.4) is 0 Å². The topological polar surface area (TPSA) is 731 Å². The largest absolute Gasteiger partial charge is 0.756 e. The van der Waals surface area contributed by atoms with Crippen LogP contribution in [0.5, 0.6) is 0 Å². The van der Waals surface area contributed by atoms with Crippen molar-refractivity contribution in [1.82, 2.24) is 73.1 Å². The smallest absolute Gasteiger partial charge is 0.313 e. The monoisotopic (exact) mass is 1500 g/mol. The van der Waals surface area contributed by atoms with Crippen LogP contribution in [0.25, 0.3) is 44.7 Å². The third-order valence-electron chi connectivity index (χ3n) is 15.6. The Morgan fingerprint density at radius 1 is 0.576 bits per heavy atom. The molecule has 50 nitrogen and oxygen atoms in total. The summed E-state index contributed by atoms with van der Waals surface area (Å²) >= 11 is 0. The molecule has 15 N–H and O–H groups in total. The van der Waals surface area contributed by atoms with Crippen LogP contribution in [0.1, 0.15) is 31.8 Å². The lowest BCUT2D eigenvalue weighted by Gasteiger charge is -2.35. The number of anilines is 4. The molecule has 8 aromatic rings. The highest BCUT2D eigenvalue weighted by molar-refractivity contribution is 7.65. The van der Waals surface area contributed by atoms with Gasteiger partial charge in [0.25, 0.3) is 61.7 Å². The van der Waals surface area contributed by atoms with Crippen molar-refractivity contribution in [3.8, 4) is 0 Å². The van der Waals surface area contributed by atoms with E-state index in [1.807, 2.05) is 0 Å². The number of phosphoric ester groups is 4. The van der Waals surface area contributed by atoms with E-state index < -0.39 is 197 Å². The fraction of sp³-hybridized carbons (Fsp3) is 0.535. The fourth-order valence-electron chi connectivity index (χ4n) is 11.2. The lowest BCUT2D eigenvalue weighted by molar-refractivity contribution is -0.750. The predicted molar refractivity (Wildman–Crippen MR) is 305 cm³/mol. The number of imidazole rings is 4. The molecule has 4 aliphatic heterocycles. The summed E-state index contributed by atoms with van der Waals surface area (Å²) in [6.07, 6.45) is -24.8. The molecule has 12 rings (SSSR count). The first-order valence-corrected chi connectivity index (χ1v) is 35.3. The predicted octanol–water partition coefficient (Wildman–Crippen LogP) is -8.03. The van der Waals surface area contributed by atoms with Gasteiger partial charge in [0.15, 0.2) is 64.5 Å². The van der Waals surface area contributed by atoms with Crippen molar-refractivity contribution in [3.63, 3.8) is 0 Å². The SMILES string of the molecule is COC1C(OP(=O)([O-])OCC2OC(n3cnc4c(=O)[nH]c(N)nc43)C(O)C2OP(=O)([O-])OCC2OC(n3cnc4c(=O)[nH]c(N)nc43)C(O)C2O)C(COP(=O)([O-])OP(=O)([O-])OP(=O)([O-])OCC2OC([n+]3cn(C)c4c(=O)[nH]c(N)nc43)C(C)(F)C2O)OC1n1cnc2c(N)ncnc21. The zero-order valence-corrected chi connectivity index (χ0v) is 54.5. The summed E-state index contributed by atoms with van der Waals surface area (Å²) in [4.78, 5) is 143. The number of phosphoric acid groups is 5. The first-order valence-electron chi connectivity index (χ1n) is 28.0. The number of methoxy groups -OCH3 is 1. The zero-order valence-electron chi connectivity index (χ0n) is 50.0. The van der Waals surface area contributed by atoms with Gasteiger partial charge in [-0.05, 0) is 6.92 Å². The van der Waals surface area contributed by atoms with Crippen molar-refractivity contribution in [2.45, 2.75) is 105 Å². The Labute approximate surface area is 546 Å². The van der Waals surface area contributed by atoms with Gasteiger partial charge in [0.1, 0.15) is 79.0 Å². The number of aryl methyl sites for hydroxylation is 1. The molecule has 0 radical (unpaired) electrons. The molecule has 21 atom stereocenters. The molecular formula is C43H52FN20O30P5-4. The number of aliphatic hydroxyl groups excluding tert-OH is 4. The number of hydrogen-bond acceptors (Lipinski definition) is 42. The van der Waals surface area contributed by atoms with Gasteiger partial charge in [-0.1, -0.05) is 4.98 Å². The highest BCUT2D eigenvalue weighted by Gasteiger charge is 2.58. The number of fused-ring (bicyclic) bond motifs is 4. The number of aromatic nitrogens is 16. The summed E-state index contributed by atoms with van der Waals surface area (Å²) in [5.74, 6) is -1.47. The first kappa shape index (κ1) is 71.8. The maximum absolute atomic E-state index is 16.2. The average molecular weight is 1500 g/mol. The van der Waals surface area contributed by atoms with Gasteiger partial charge in [-0.2, -0.15) is 9.97 Å². The van der Waals surface area contributed by atoms with E-state index in [-0.39, 0.29) is 50.9 Å². The van der Waals surface area contributed by atoms with Crippen LogP contribution in [-0.2, 0) is 89.3 Å². The molecule has 56 heteroatoms. The minimum Gasteiger partial charge on any atom is -0.756 e. The maximum Gasteiger partial charge on any atom is 0.313 e. The van der Waals surface area contributed by atoms with E-state index in [0.717, 1.165) is 63.9 Å². The quantitative estimate of drug-likeness (QED) is 0.0187. The average Bonchev–Trinajstić information content (AvgIpc) is 1.60. The molecular weight excluding hydrogens is 1450 g/mol. The van der Waals surface area contributed by atoms with E-state index in [9.17, 15) is 82.1 Å². The lowest BCUT2D eigenvalue weighted by atomic mass is 9.98. The van der Waals surface area contributed by atoms with Crippen molar-refractivity contribution in [2.75, 3.05) is 56.5 Å². The number of rotatable bonds is 25. The lowest BCUT2D eigenvalue weighted by Crippen LogP contribution is -2.51. The third kappa shape index (κ3) is 14.1. The number of alkyl halides is 1. The van der Waals surface area contributed by atoms with E-state index in [1.54, 1.807) is 0 Å². The zero-order chi connectivity index (χ0) is 71.5. The van der Waals surface area contributed by atoms with Crippen LogP contribution in [0.2, 0.25) is 0 Å². The van der Waals surface area contributed by atoms with Crippen molar-refractivity contribution >= 4 is 107 Å². The highest BCUT2D eigenvalue weighted by Crippen LogP contribution is 2.63. The van der Waals surface area contributed by atoms with Crippen molar-refractivity contribution in [3.05, 3.63) is 62.7 Å². The molecule has 12 heterocycles. The second-order valence-electron chi connectivity index (χ2n) is 22.1. The number of ether oxygens (including phenoxy) is 5. The second kappa shape index (κ2) is 26.4. The van der Waals surface area contributed by atoms with Crippen LogP contribution in [0.4, 0.5) is 28.1 Å². The van der Waals surface area contributed by atoms with Crippen molar-refractivity contribution < 1.29 is 136 Å². The molecule has 4 aliphatic rings. The van der Waals surface area contributed by atoms with Gasteiger partial charge in [-0.3, -0.25) is 70.4 Å². The molecule has 0 aliphatic carbocycles. The van der Waals surface area contributed by atoms with Crippen LogP contribution >= 0.6 is 39.1 Å². The number of aromatic amines is 3. The van der Waals surface area contributed by atoms with Crippen molar-refractivity contribution in [2.24, 2.45) is 7.05 Å². The van der Waals surface area contributed by atoms with E-state index >= 15 is 4.39 Å². The molecule has 4 fully saturated rings. The fourth-order valence-corrected chi connectivity index (χ4v) is 16.5. The molecule has 8 aromatic heterocycles. The van der Waals surface area contributed by atoms with Crippen LogP contribution in [-0.4, -0.2) is 200 Å². The summed E-state index contributed by atoms with van der Waals surface area (Å²) in [7, 11) is -29.3. The first-order chi connectivity index (χ1) is 46.4. The maximum atomic E-state index is 16.2. The summed E-state index contributed by atoms with van der Waals surface area (Å²) in [5, 5.41) is 44.5. The number of aliphatic hydroxyl groups is 4. The van der Waals surface area contributed by atoms with Gasteiger partial charge in [-0.15, -0.1) is 0 Å². The minimum atomic E-state index is -6.75. The second-order valence-corrected chi connectivity index (χ2v) is 29.3. The normalized spacial score (nSPS) is 31.3. The van der Waals surface area contributed by atoms with Gasteiger partial charge >= 0.3 is 5.65 Å². The summed E-state index contributed by atoms with van der Waals surface area (Å²) in [6.45, 7) is -4.72. The van der Waals surface area contributed by atoms with Gasteiger partial charge in [-0.25, -0.2) is 42.5 Å². The standard InChI is InChI=1S/C43H56FN20O30P5/c1-43(44)27(68)16(90-39(43)64-12-60(2)20-32(64)56-42(48)59-35(20)71)7-86-98(78,79)94-99(80,81)93-97(76,77)85-6-15-25(26(82-3)38(89-15)61-9-51-17-28(45)49-8-50-29(17)61)92-96(74,75)84-5-14-24(23(67)37(88-14)63-11-53-19-31(63)55-41(47)58-34(19)70)91-95(72,73)83-4-13-21(65)22(66)36(87-13)62-10-52-18-30(62)54-40(46)57-33(18)69/h8-16,21-27,36-39,65-68H,4-7H2,1-3H3,(H15-,45,46,47,48,49,50,54,55,56,57,58,59,69,70,71,72,73,74,75,76,77,78,79,80,81)/p-4. The van der Waals surface area contributed by atoms with E-state index in [2.05, 4.69) is 68.0 Å². The van der Waals surface area contributed by atoms with Gasteiger partial charge in [0, 0.05) is 7.11 Å². The molecule has 0 amide bonds. The molecule has 0 saturated carbocycles. The Hall–Kier alpha value is -7.00. The summed E-state index contributed by atoms with van der Waals surface area (Å²) < 4.78 is 155. The van der Waals surface area contributed by atoms with E-state index in [4.69, 9.17) is 69.2 Å². The summed E-state index contributed by atoms with van der Waals surface area (Å²) in [5.41, 5.74) is 15.9. The Kier molecular flexibility index (Phi) is 19.2. The van der Waals surface area contributed by atoms with E-state index in [1.165, 1.54) is 11.6 Å². The molecule has 99 heavy (non-hydrogen) atoms. The Bertz CT molecular complexity index is 4880.